The minimum absolute atomic E-state index is 0.725. The van der Waals surface area contributed by atoms with Gasteiger partial charge in [0.2, 0.25) is 0 Å². The number of nitrogens with one attached hydrogen (secondary N) is 2. The zero-order chi connectivity index (χ0) is 19.8. The SMILES string of the molecule is CCn1c(=S)[nH]c2cc3c(NCc4ccccc4N4CCCC4)ncnc3cc21. The van der Waals surface area contributed by atoms with E-state index < -0.39 is 0 Å². The summed E-state index contributed by atoms with van der Waals surface area (Å²) in [4.78, 5) is 14.8. The van der Waals surface area contributed by atoms with E-state index in [0.717, 1.165) is 58.7 Å². The number of nitrogens with zero attached hydrogens (tertiary/aromatic N) is 4. The molecular formula is C22H24N6S. The lowest BCUT2D eigenvalue weighted by molar-refractivity contribution is 0.774. The molecule has 0 amide bonds. The van der Waals surface area contributed by atoms with Crippen molar-refractivity contribution >= 4 is 45.7 Å². The molecule has 1 aliphatic heterocycles. The van der Waals surface area contributed by atoms with Gasteiger partial charge in [0.05, 0.1) is 16.6 Å². The van der Waals surface area contributed by atoms with E-state index in [4.69, 9.17) is 12.2 Å². The molecule has 3 heterocycles. The van der Waals surface area contributed by atoms with Gasteiger partial charge in [0.1, 0.15) is 12.1 Å². The lowest BCUT2D eigenvalue weighted by Crippen LogP contribution is -2.20. The standard InChI is InChI=1S/C22H24N6S/c1-2-28-20-12-17-16(11-18(20)26-22(28)29)21(25-14-24-17)23-13-15-7-3-4-8-19(15)27-9-5-6-10-27/h3-4,7-8,11-12,14H,2,5-6,9-10,13H2,1H3,(H,26,29)(H,23,24,25). The van der Waals surface area contributed by atoms with Crippen molar-refractivity contribution in [3.63, 3.8) is 0 Å². The Balaban J connectivity index is 1.50. The maximum Gasteiger partial charge on any atom is 0.178 e. The molecule has 0 saturated carbocycles. The van der Waals surface area contributed by atoms with Crippen molar-refractivity contribution in [1.82, 2.24) is 19.5 Å². The fraction of sp³-hybridized carbons (Fsp3) is 0.318. The Kier molecular flexibility index (Phi) is 4.67. The fourth-order valence-corrected chi connectivity index (χ4v) is 4.61. The number of aromatic nitrogens is 4. The molecule has 1 saturated heterocycles. The van der Waals surface area contributed by atoms with Crippen LogP contribution in [0, 0.1) is 4.77 Å². The number of anilines is 2. The minimum atomic E-state index is 0.725. The second-order valence-corrected chi connectivity index (χ2v) is 7.85. The van der Waals surface area contributed by atoms with Crippen molar-refractivity contribution < 1.29 is 0 Å². The molecule has 2 N–H and O–H groups in total. The number of imidazole rings is 1. The van der Waals surface area contributed by atoms with Crippen LogP contribution in [-0.4, -0.2) is 32.6 Å². The Morgan fingerprint density at radius 2 is 1.97 bits per heavy atom. The molecule has 0 radical (unpaired) electrons. The van der Waals surface area contributed by atoms with Crippen molar-refractivity contribution in [3.05, 3.63) is 53.1 Å². The quantitative estimate of drug-likeness (QED) is 0.465. The van der Waals surface area contributed by atoms with E-state index >= 15 is 0 Å². The maximum absolute atomic E-state index is 5.46. The maximum atomic E-state index is 5.46. The molecule has 0 bridgehead atoms. The molecular weight excluding hydrogens is 380 g/mol. The van der Waals surface area contributed by atoms with Crippen molar-refractivity contribution in [2.45, 2.75) is 32.9 Å². The summed E-state index contributed by atoms with van der Waals surface area (Å²) in [6.07, 6.45) is 4.17. The first-order chi connectivity index (χ1) is 14.2. The highest BCUT2D eigenvalue weighted by molar-refractivity contribution is 7.71. The molecule has 0 unspecified atom stereocenters. The van der Waals surface area contributed by atoms with Crippen LogP contribution >= 0.6 is 12.2 Å². The third kappa shape index (κ3) is 3.25. The Bertz CT molecular complexity index is 1240. The van der Waals surface area contributed by atoms with Crippen LogP contribution in [-0.2, 0) is 13.1 Å². The van der Waals surface area contributed by atoms with Crippen LogP contribution in [0.15, 0.2) is 42.7 Å². The summed E-state index contributed by atoms with van der Waals surface area (Å²) in [5, 5.41) is 4.54. The third-order valence-electron chi connectivity index (χ3n) is 5.73. The number of hydrogen-bond acceptors (Lipinski definition) is 5. The van der Waals surface area contributed by atoms with Gasteiger partial charge in [-0.15, -0.1) is 0 Å². The second-order valence-electron chi connectivity index (χ2n) is 7.46. The van der Waals surface area contributed by atoms with Gasteiger partial charge in [0, 0.05) is 37.3 Å². The molecule has 0 atom stereocenters. The first-order valence-corrected chi connectivity index (χ1v) is 10.6. The number of hydrogen-bond donors (Lipinski definition) is 2. The van der Waals surface area contributed by atoms with Crippen LogP contribution in [0.4, 0.5) is 11.5 Å². The van der Waals surface area contributed by atoms with Gasteiger partial charge < -0.3 is 19.8 Å². The number of aryl methyl sites for hydroxylation is 1. The summed E-state index contributed by atoms with van der Waals surface area (Å²) in [7, 11) is 0. The molecule has 2 aromatic heterocycles. The third-order valence-corrected chi connectivity index (χ3v) is 6.05. The van der Waals surface area contributed by atoms with E-state index in [1.54, 1.807) is 6.33 Å². The molecule has 29 heavy (non-hydrogen) atoms. The first kappa shape index (κ1) is 18.1. The van der Waals surface area contributed by atoms with E-state index in [1.807, 2.05) is 0 Å². The number of rotatable bonds is 5. The first-order valence-electron chi connectivity index (χ1n) is 10.2. The molecule has 0 spiro atoms. The summed E-state index contributed by atoms with van der Waals surface area (Å²) < 4.78 is 2.82. The van der Waals surface area contributed by atoms with Gasteiger partial charge in [-0.2, -0.15) is 0 Å². The Morgan fingerprint density at radius 1 is 1.14 bits per heavy atom. The summed E-state index contributed by atoms with van der Waals surface area (Å²) in [5.41, 5.74) is 5.62. The van der Waals surface area contributed by atoms with Gasteiger partial charge in [-0.05, 0) is 55.7 Å². The average Bonchev–Trinajstić information content (AvgIpc) is 3.38. The number of para-hydroxylation sites is 1. The number of aromatic amines is 1. The Hall–Kier alpha value is -2.93. The van der Waals surface area contributed by atoms with Crippen LogP contribution in [0.2, 0.25) is 0 Å². The average molecular weight is 405 g/mol. The van der Waals surface area contributed by atoms with Gasteiger partial charge in [0.25, 0.3) is 0 Å². The van der Waals surface area contributed by atoms with Gasteiger partial charge in [-0.25, -0.2) is 9.97 Å². The topological polar surface area (TPSA) is 61.8 Å². The largest absolute Gasteiger partial charge is 0.371 e. The summed E-state index contributed by atoms with van der Waals surface area (Å²) in [6, 6.07) is 12.8. The van der Waals surface area contributed by atoms with Crippen molar-refractivity contribution in [2.75, 3.05) is 23.3 Å². The van der Waals surface area contributed by atoms with Crippen LogP contribution in [0.5, 0.6) is 0 Å². The van der Waals surface area contributed by atoms with E-state index in [-0.39, 0.29) is 0 Å². The van der Waals surface area contributed by atoms with Gasteiger partial charge in [-0.1, -0.05) is 18.2 Å². The zero-order valence-electron chi connectivity index (χ0n) is 16.5. The Labute approximate surface area is 174 Å². The molecule has 1 aliphatic rings. The van der Waals surface area contributed by atoms with Crippen LogP contribution in [0.1, 0.15) is 25.3 Å². The Morgan fingerprint density at radius 3 is 2.79 bits per heavy atom. The molecule has 4 aromatic rings. The summed E-state index contributed by atoms with van der Waals surface area (Å²) in [6.45, 7) is 5.92. The van der Waals surface area contributed by atoms with E-state index in [2.05, 4.69) is 73.1 Å². The molecule has 0 aliphatic carbocycles. The summed E-state index contributed by atoms with van der Waals surface area (Å²) >= 11 is 5.46. The molecule has 7 heteroatoms. The van der Waals surface area contributed by atoms with Crippen LogP contribution in [0.3, 0.4) is 0 Å². The minimum Gasteiger partial charge on any atom is -0.371 e. The highest BCUT2D eigenvalue weighted by Gasteiger charge is 2.16. The van der Waals surface area contributed by atoms with Gasteiger partial charge >= 0.3 is 0 Å². The second kappa shape index (κ2) is 7.48. The molecule has 1 fully saturated rings. The highest BCUT2D eigenvalue weighted by Crippen LogP contribution is 2.28. The van der Waals surface area contributed by atoms with Gasteiger partial charge in [0.15, 0.2) is 4.77 Å². The van der Waals surface area contributed by atoms with Crippen LogP contribution in [0.25, 0.3) is 21.9 Å². The summed E-state index contributed by atoms with van der Waals surface area (Å²) in [5.74, 6) is 0.844. The molecule has 148 valence electrons. The normalized spacial score (nSPS) is 14.2. The highest BCUT2D eigenvalue weighted by atomic mass is 32.1. The zero-order valence-corrected chi connectivity index (χ0v) is 17.3. The number of benzene rings is 2. The smallest absolute Gasteiger partial charge is 0.178 e. The van der Waals surface area contributed by atoms with Crippen molar-refractivity contribution in [2.24, 2.45) is 0 Å². The van der Waals surface area contributed by atoms with E-state index in [0.29, 0.717) is 0 Å². The predicted molar refractivity (Wildman–Crippen MR) is 121 cm³/mol. The van der Waals surface area contributed by atoms with E-state index in [1.165, 1.54) is 24.1 Å². The van der Waals surface area contributed by atoms with E-state index in [9.17, 15) is 0 Å². The van der Waals surface area contributed by atoms with Crippen molar-refractivity contribution in [3.8, 4) is 0 Å². The molecule has 2 aromatic carbocycles. The number of fused-ring (bicyclic) bond motifs is 2. The number of H-pyrrole nitrogens is 1. The van der Waals surface area contributed by atoms with Gasteiger partial charge in [-0.3, -0.25) is 0 Å². The molecule has 5 rings (SSSR count). The predicted octanol–water partition coefficient (Wildman–Crippen LogP) is 4.87. The fourth-order valence-electron chi connectivity index (χ4n) is 4.27. The monoisotopic (exact) mass is 404 g/mol. The molecule has 6 nitrogen and oxygen atoms in total. The van der Waals surface area contributed by atoms with Crippen LogP contribution < -0.4 is 10.2 Å². The lowest BCUT2D eigenvalue weighted by atomic mass is 10.1. The lowest BCUT2D eigenvalue weighted by Gasteiger charge is -2.21. The van der Waals surface area contributed by atoms with Crippen molar-refractivity contribution in [1.29, 1.82) is 0 Å².